The van der Waals surface area contributed by atoms with Crippen molar-refractivity contribution in [2.24, 2.45) is 5.92 Å². The second kappa shape index (κ2) is 7.92. The average Bonchev–Trinajstić information content (AvgIpc) is 3.30. The van der Waals surface area contributed by atoms with Crippen molar-refractivity contribution in [1.29, 1.82) is 0 Å². The monoisotopic (exact) mass is 378 g/mol. The lowest BCUT2D eigenvalue weighted by Gasteiger charge is -2.18. The maximum absolute atomic E-state index is 12.7. The third kappa shape index (κ3) is 3.54. The van der Waals surface area contributed by atoms with Gasteiger partial charge in [-0.2, -0.15) is 0 Å². The van der Waals surface area contributed by atoms with Crippen molar-refractivity contribution in [1.82, 2.24) is 14.5 Å². The highest BCUT2D eigenvalue weighted by Crippen LogP contribution is 2.23. The van der Waals surface area contributed by atoms with Crippen LogP contribution in [0.3, 0.4) is 0 Å². The Bertz CT molecular complexity index is 1020. The Kier molecular flexibility index (Phi) is 5.19. The molecule has 1 N–H and O–H groups in total. The minimum Gasteiger partial charge on any atom is -0.371 e. The molecule has 0 saturated carbocycles. The Balaban J connectivity index is 1.38. The Morgan fingerprint density at radius 1 is 1.04 bits per heavy atom. The van der Waals surface area contributed by atoms with E-state index in [2.05, 4.69) is 34.5 Å². The number of aromatic nitrogens is 2. The first-order valence-corrected chi connectivity index (χ1v) is 9.92. The van der Waals surface area contributed by atoms with Gasteiger partial charge in [-0.05, 0) is 43.5 Å². The van der Waals surface area contributed by atoms with Crippen molar-refractivity contribution in [3.8, 4) is 0 Å². The summed E-state index contributed by atoms with van der Waals surface area (Å²) in [6, 6.07) is 18.0. The highest BCUT2D eigenvalue weighted by Gasteiger charge is 2.23. The molecular formula is C22H26N4O2. The molecule has 2 aromatic carbocycles. The Hall–Kier alpha value is -3.02. The molecule has 0 radical (unpaired) electrons. The van der Waals surface area contributed by atoms with Gasteiger partial charge in [-0.25, -0.2) is 4.79 Å². The lowest BCUT2D eigenvalue weighted by molar-refractivity contribution is -0.121. The summed E-state index contributed by atoms with van der Waals surface area (Å²) in [5.41, 5.74) is 2.78. The fourth-order valence-corrected chi connectivity index (χ4v) is 4.06. The van der Waals surface area contributed by atoms with Gasteiger partial charge in [0.05, 0.1) is 11.0 Å². The summed E-state index contributed by atoms with van der Waals surface area (Å²) in [5.74, 6) is 0.317. The van der Waals surface area contributed by atoms with Crippen molar-refractivity contribution in [3.63, 3.8) is 0 Å². The number of anilines is 1. The molecule has 0 spiro atoms. The van der Waals surface area contributed by atoms with E-state index in [9.17, 15) is 9.59 Å². The molecule has 1 aliphatic heterocycles. The zero-order valence-electron chi connectivity index (χ0n) is 16.2. The maximum atomic E-state index is 12.7. The van der Waals surface area contributed by atoms with Crippen molar-refractivity contribution >= 4 is 22.6 Å². The number of nitrogens with one attached hydrogen (secondary N) is 1. The molecule has 0 aliphatic carbocycles. The molecule has 1 unspecified atom stereocenters. The van der Waals surface area contributed by atoms with E-state index in [1.807, 2.05) is 37.3 Å². The van der Waals surface area contributed by atoms with Crippen LogP contribution in [0.1, 0.15) is 13.3 Å². The van der Waals surface area contributed by atoms with Gasteiger partial charge < -0.3 is 10.2 Å². The number of hydrogen-bond donors (Lipinski definition) is 1. The highest BCUT2D eigenvalue weighted by molar-refractivity contribution is 5.80. The van der Waals surface area contributed by atoms with Crippen LogP contribution in [0.5, 0.6) is 0 Å². The zero-order valence-corrected chi connectivity index (χ0v) is 16.2. The highest BCUT2D eigenvalue weighted by atomic mass is 16.2. The molecule has 0 bridgehead atoms. The Morgan fingerprint density at radius 3 is 2.43 bits per heavy atom. The number of para-hydroxylation sites is 3. The molecule has 3 aromatic rings. The molecule has 1 aliphatic rings. The number of carbonyl (C=O) groups is 1. The summed E-state index contributed by atoms with van der Waals surface area (Å²) < 4.78 is 3.27. The Morgan fingerprint density at radius 2 is 1.71 bits per heavy atom. The van der Waals surface area contributed by atoms with Crippen molar-refractivity contribution in [2.45, 2.75) is 26.4 Å². The number of rotatable bonds is 6. The predicted octanol–water partition coefficient (Wildman–Crippen LogP) is 2.47. The number of hydrogen-bond acceptors (Lipinski definition) is 3. The van der Waals surface area contributed by atoms with E-state index < -0.39 is 0 Å². The second-order valence-electron chi connectivity index (χ2n) is 7.34. The van der Waals surface area contributed by atoms with Crippen LogP contribution in [0.4, 0.5) is 5.69 Å². The van der Waals surface area contributed by atoms with Gasteiger partial charge in [0.1, 0.15) is 6.54 Å². The number of benzene rings is 2. The number of aryl methyl sites for hydroxylation is 1. The van der Waals surface area contributed by atoms with E-state index in [-0.39, 0.29) is 18.1 Å². The van der Waals surface area contributed by atoms with Crippen LogP contribution < -0.4 is 15.9 Å². The molecule has 4 rings (SSSR count). The first-order valence-electron chi connectivity index (χ1n) is 9.92. The van der Waals surface area contributed by atoms with E-state index in [1.54, 1.807) is 9.13 Å². The minimum atomic E-state index is -0.130. The molecule has 1 fully saturated rings. The third-order valence-electron chi connectivity index (χ3n) is 5.54. The number of carbonyl (C=O) groups excluding carboxylic acids is 1. The first kappa shape index (κ1) is 18.3. The molecule has 1 atom stereocenters. The average molecular weight is 378 g/mol. The molecule has 2 heterocycles. The second-order valence-corrected chi connectivity index (χ2v) is 7.34. The summed E-state index contributed by atoms with van der Waals surface area (Å²) >= 11 is 0. The number of fused-ring (bicyclic) bond motifs is 1. The summed E-state index contributed by atoms with van der Waals surface area (Å²) in [5, 5.41) is 3.03. The number of imidazole rings is 1. The quantitative estimate of drug-likeness (QED) is 0.717. The fraction of sp³-hybridized carbons (Fsp3) is 0.364. The SMILES string of the molecule is CCn1c(=O)n(CC(=O)NCC2CCN(c3ccccc3)C2)c2ccccc21. The standard InChI is InChI=1S/C22H26N4O2/c1-2-25-19-10-6-7-11-20(19)26(22(25)28)16-21(27)23-14-17-12-13-24(15-17)18-8-4-3-5-9-18/h3-11,17H,2,12-16H2,1H3,(H,23,27). The van der Waals surface area contributed by atoms with Crippen LogP contribution in [0.2, 0.25) is 0 Å². The van der Waals surface area contributed by atoms with Gasteiger partial charge in [-0.3, -0.25) is 13.9 Å². The predicted molar refractivity (Wildman–Crippen MR) is 112 cm³/mol. The van der Waals surface area contributed by atoms with E-state index >= 15 is 0 Å². The molecule has 6 nitrogen and oxygen atoms in total. The van der Waals surface area contributed by atoms with E-state index in [4.69, 9.17) is 0 Å². The molecular weight excluding hydrogens is 352 g/mol. The van der Waals surface area contributed by atoms with Crippen LogP contribution in [-0.4, -0.2) is 34.7 Å². The molecule has 1 aromatic heterocycles. The molecule has 1 saturated heterocycles. The molecule has 1 amide bonds. The van der Waals surface area contributed by atoms with Gasteiger partial charge in [-0.15, -0.1) is 0 Å². The molecule has 146 valence electrons. The van der Waals surface area contributed by atoms with Crippen molar-refractivity contribution < 1.29 is 4.79 Å². The summed E-state index contributed by atoms with van der Waals surface area (Å²) in [6.45, 7) is 5.18. The van der Waals surface area contributed by atoms with E-state index in [0.29, 0.717) is 19.0 Å². The summed E-state index contributed by atoms with van der Waals surface area (Å²) in [7, 11) is 0. The van der Waals surface area contributed by atoms with Crippen LogP contribution in [-0.2, 0) is 17.9 Å². The van der Waals surface area contributed by atoms with Gasteiger partial charge in [0, 0.05) is 31.9 Å². The lowest BCUT2D eigenvalue weighted by Crippen LogP contribution is -2.36. The van der Waals surface area contributed by atoms with Gasteiger partial charge in [0.15, 0.2) is 0 Å². The fourth-order valence-electron chi connectivity index (χ4n) is 4.06. The Labute approximate surface area is 164 Å². The van der Waals surface area contributed by atoms with Crippen molar-refractivity contribution in [3.05, 3.63) is 65.1 Å². The third-order valence-corrected chi connectivity index (χ3v) is 5.54. The smallest absolute Gasteiger partial charge is 0.329 e. The largest absolute Gasteiger partial charge is 0.371 e. The van der Waals surface area contributed by atoms with Gasteiger partial charge >= 0.3 is 5.69 Å². The molecule has 28 heavy (non-hydrogen) atoms. The van der Waals surface area contributed by atoms with Crippen LogP contribution in [0.25, 0.3) is 11.0 Å². The topological polar surface area (TPSA) is 59.3 Å². The van der Waals surface area contributed by atoms with E-state index in [0.717, 1.165) is 30.5 Å². The first-order chi connectivity index (χ1) is 13.7. The zero-order chi connectivity index (χ0) is 19.5. The summed E-state index contributed by atoms with van der Waals surface area (Å²) in [4.78, 5) is 27.5. The molecule has 6 heteroatoms. The normalized spacial score (nSPS) is 16.6. The number of amides is 1. The van der Waals surface area contributed by atoms with Crippen LogP contribution >= 0.6 is 0 Å². The lowest BCUT2D eigenvalue weighted by atomic mass is 10.1. The van der Waals surface area contributed by atoms with Crippen LogP contribution in [0.15, 0.2) is 59.4 Å². The summed E-state index contributed by atoms with van der Waals surface area (Å²) in [6.07, 6.45) is 1.06. The van der Waals surface area contributed by atoms with Gasteiger partial charge in [0.25, 0.3) is 0 Å². The number of nitrogens with zero attached hydrogens (tertiary/aromatic N) is 3. The van der Waals surface area contributed by atoms with Gasteiger partial charge in [-0.1, -0.05) is 30.3 Å². The van der Waals surface area contributed by atoms with E-state index in [1.165, 1.54) is 5.69 Å². The van der Waals surface area contributed by atoms with Gasteiger partial charge in [0.2, 0.25) is 5.91 Å². The van der Waals surface area contributed by atoms with Crippen LogP contribution in [0, 0.1) is 5.92 Å². The maximum Gasteiger partial charge on any atom is 0.329 e. The van der Waals surface area contributed by atoms with Crippen molar-refractivity contribution in [2.75, 3.05) is 24.5 Å². The minimum absolute atomic E-state index is 0.0570.